The van der Waals surface area contributed by atoms with Crippen molar-refractivity contribution in [1.29, 1.82) is 0 Å². The summed E-state index contributed by atoms with van der Waals surface area (Å²) < 4.78 is 9.54. The van der Waals surface area contributed by atoms with Crippen LogP contribution in [0.1, 0.15) is 97.8 Å². The first-order chi connectivity index (χ1) is 13.8. The Morgan fingerprint density at radius 3 is 2.38 bits per heavy atom. The number of ether oxygens (including phenoxy) is 2. The molecule has 0 aromatic rings. The fourth-order valence-electron chi connectivity index (χ4n) is 4.60. The highest BCUT2D eigenvalue weighted by atomic mass is 16.6. The van der Waals surface area contributed by atoms with Crippen molar-refractivity contribution in [3.8, 4) is 0 Å². The molecule has 1 aliphatic rings. The molecule has 1 rings (SSSR count). The number of unbranched alkanes of at least 4 members (excludes halogenated alkanes) is 2. The maximum Gasteiger partial charge on any atom is 0.342 e. The Hall–Kier alpha value is -1.23. The van der Waals surface area contributed by atoms with Crippen molar-refractivity contribution in [2.45, 2.75) is 104 Å². The third-order valence-corrected chi connectivity index (χ3v) is 6.51. The Kier molecular flexibility index (Phi) is 11.7. The third-order valence-electron chi connectivity index (χ3n) is 6.51. The second-order valence-electron chi connectivity index (χ2n) is 9.38. The number of Topliss-reactive ketones (excluding diaryl/α,β-unsaturated/α-hetero) is 2. The maximum absolute atomic E-state index is 12.3. The van der Waals surface area contributed by atoms with E-state index < -0.39 is 12.1 Å². The molecule has 0 radical (unpaired) electrons. The van der Waals surface area contributed by atoms with Crippen LogP contribution in [0, 0.1) is 17.3 Å². The zero-order valence-corrected chi connectivity index (χ0v) is 19.3. The zero-order valence-electron chi connectivity index (χ0n) is 19.3. The Bertz CT molecular complexity index is 525. The van der Waals surface area contributed by atoms with E-state index in [0.29, 0.717) is 30.0 Å². The molecule has 1 aliphatic carbocycles. The molecule has 3 atom stereocenters. The van der Waals surface area contributed by atoms with Gasteiger partial charge in [-0.3, -0.25) is 9.59 Å². The zero-order chi connectivity index (χ0) is 21.9. The first-order valence-corrected chi connectivity index (χ1v) is 11.4. The molecule has 0 amide bonds. The van der Waals surface area contributed by atoms with Crippen molar-refractivity contribution in [2.75, 3.05) is 14.2 Å². The van der Waals surface area contributed by atoms with Crippen molar-refractivity contribution in [2.24, 2.45) is 17.3 Å². The summed E-state index contributed by atoms with van der Waals surface area (Å²) >= 11 is 0. The molecule has 0 N–H and O–H groups in total. The van der Waals surface area contributed by atoms with Crippen LogP contribution in [0.4, 0.5) is 0 Å². The Morgan fingerprint density at radius 1 is 1.07 bits per heavy atom. The Morgan fingerprint density at radius 2 is 1.76 bits per heavy atom. The monoisotopic (exact) mass is 410 g/mol. The molecule has 5 nitrogen and oxygen atoms in total. The van der Waals surface area contributed by atoms with E-state index >= 15 is 0 Å². The molecule has 1 saturated carbocycles. The summed E-state index contributed by atoms with van der Waals surface area (Å²) in [6.07, 6.45) is 10.6. The highest BCUT2D eigenvalue weighted by Crippen LogP contribution is 2.38. The van der Waals surface area contributed by atoms with Crippen LogP contribution in [-0.4, -0.2) is 37.9 Å². The topological polar surface area (TPSA) is 69.7 Å². The number of carbonyl (C=O) groups is 3. The quantitative estimate of drug-likeness (QED) is 0.208. The predicted octanol–water partition coefficient (Wildman–Crippen LogP) is 5.29. The summed E-state index contributed by atoms with van der Waals surface area (Å²) in [5.74, 6) is 0.161. The minimum Gasteiger partial charge on any atom is -0.467 e. The summed E-state index contributed by atoms with van der Waals surface area (Å²) in [5, 5.41) is 0. The molecular formula is C24H42O5. The number of esters is 1. The standard InChI is InChI=1S/C24H42O5/c1-6-7-16-24(2,3)17-10-11-18-14-15-20(25)19(18)12-8-9-13-21(26)22(28-4)23(27)29-5/h18-19,22H,6-17H2,1-5H3/t18-,19+,22?/m0/s1. The first kappa shape index (κ1) is 25.8. The van der Waals surface area contributed by atoms with Gasteiger partial charge in [0.2, 0.25) is 6.10 Å². The minimum absolute atomic E-state index is 0.155. The SMILES string of the molecule is CCCCC(C)(C)CCC[C@H]1CCC(=O)[C@@H]1CCCCC(=O)C(OC)C(=O)OC. The third kappa shape index (κ3) is 8.98. The lowest BCUT2D eigenvalue weighted by Crippen LogP contribution is -2.32. The van der Waals surface area contributed by atoms with Crippen molar-refractivity contribution >= 4 is 17.5 Å². The number of hydrogen-bond acceptors (Lipinski definition) is 5. The van der Waals surface area contributed by atoms with E-state index in [2.05, 4.69) is 25.5 Å². The molecule has 168 valence electrons. The lowest BCUT2D eigenvalue weighted by molar-refractivity contribution is -0.157. The molecular weight excluding hydrogens is 368 g/mol. The van der Waals surface area contributed by atoms with Crippen LogP contribution in [-0.2, 0) is 23.9 Å². The van der Waals surface area contributed by atoms with E-state index in [4.69, 9.17) is 4.74 Å². The molecule has 0 aliphatic heterocycles. The second kappa shape index (κ2) is 13.1. The van der Waals surface area contributed by atoms with Gasteiger partial charge < -0.3 is 9.47 Å². The predicted molar refractivity (Wildman–Crippen MR) is 115 cm³/mol. The van der Waals surface area contributed by atoms with Crippen molar-refractivity contribution in [3.63, 3.8) is 0 Å². The van der Waals surface area contributed by atoms with Crippen LogP contribution in [0.3, 0.4) is 0 Å². The van der Waals surface area contributed by atoms with E-state index in [1.807, 2.05) is 0 Å². The highest BCUT2D eigenvalue weighted by Gasteiger charge is 2.34. The summed E-state index contributed by atoms with van der Waals surface area (Å²) in [7, 11) is 2.59. The fourth-order valence-corrected chi connectivity index (χ4v) is 4.60. The van der Waals surface area contributed by atoms with Gasteiger partial charge in [0, 0.05) is 25.9 Å². The smallest absolute Gasteiger partial charge is 0.342 e. The van der Waals surface area contributed by atoms with Gasteiger partial charge in [0.15, 0.2) is 5.78 Å². The molecule has 1 fully saturated rings. The molecule has 0 aromatic heterocycles. The Labute approximate surface area is 177 Å². The Balaban J connectivity index is 2.37. The van der Waals surface area contributed by atoms with Gasteiger partial charge >= 0.3 is 5.97 Å². The van der Waals surface area contributed by atoms with Crippen LogP contribution >= 0.6 is 0 Å². The van der Waals surface area contributed by atoms with Gasteiger partial charge in [0.25, 0.3) is 0 Å². The molecule has 1 unspecified atom stereocenters. The molecule has 0 heterocycles. The number of ketones is 2. The van der Waals surface area contributed by atoms with Crippen LogP contribution in [0.25, 0.3) is 0 Å². The van der Waals surface area contributed by atoms with E-state index in [9.17, 15) is 14.4 Å². The van der Waals surface area contributed by atoms with Crippen LogP contribution < -0.4 is 0 Å². The number of carbonyl (C=O) groups excluding carboxylic acids is 3. The van der Waals surface area contributed by atoms with E-state index in [1.165, 1.54) is 46.3 Å². The second-order valence-corrected chi connectivity index (χ2v) is 9.38. The van der Waals surface area contributed by atoms with E-state index in [-0.39, 0.29) is 18.1 Å². The minimum atomic E-state index is -1.13. The maximum atomic E-state index is 12.3. The molecule has 29 heavy (non-hydrogen) atoms. The van der Waals surface area contributed by atoms with Gasteiger partial charge in [0.1, 0.15) is 5.78 Å². The van der Waals surface area contributed by atoms with Crippen LogP contribution in [0.2, 0.25) is 0 Å². The van der Waals surface area contributed by atoms with E-state index in [1.54, 1.807) is 0 Å². The first-order valence-electron chi connectivity index (χ1n) is 11.4. The van der Waals surface area contributed by atoms with Gasteiger partial charge in [-0.25, -0.2) is 4.79 Å². The molecule has 5 heteroatoms. The van der Waals surface area contributed by atoms with Crippen molar-refractivity contribution < 1.29 is 23.9 Å². The van der Waals surface area contributed by atoms with Gasteiger partial charge in [-0.1, -0.05) is 46.5 Å². The highest BCUT2D eigenvalue weighted by molar-refractivity contribution is 6.01. The average Bonchev–Trinajstić information content (AvgIpc) is 3.03. The van der Waals surface area contributed by atoms with E-state index in [0.717, 1.165) is 25.7 Å². The number of rotatable bonds is 15. The van der Waals surface area contributed by atoms with Gasteiger partial charge in [-0.15, -0.1) is 0 Å². The van der Waals surface area contributed by atoms with Gasteiger partial charge in [-0.2, -0.15) is 0 Å². The summed E-state index contributed by atoms with van der Waals surface area (Å²) in [6, 6.07) is 0. The molecule has 0 saturated heterocycles. The lowest BCUT2D eigenvalue weighted by atomic mass is 9.79. The van der Waals surface area contributed by atoms with Gasteiger partial charge in [0.05, 0.1) is 7.11 Å². The summed E-state index contributed by atoms with van der Waals surface area (Å²) in [6.45, 7) is 6.96. The van der Waals surface area contributed by atoms with Crippen molar-refractivity contribution in [3.05, 3.63) is 0 Å². The average molecular weight is 411 g/mol. The van der Waals surface area contributed by atoms with Crippen LogP contribution in [0.15, 0.2) is 0 Å². The molecule has 0 bridgehead atoms. The van der Waals surface area contributed by atoms with Crippen molar-refractivity contribution in [1.82, 2.24) is 0 Å². The fraction of sp³-hybridized carbons (Fsp3) is 0.875. The largest absolute Gasteiger partial charge is 0.467 e. The summed E-state index contributed by atoms with van der Waals surface area (Å²) in [4.78, 5) is 36.0. The summed E-state index contributed by atoms with van der Waals surface area (Å²) in [5.41, 5.74) is 0.395. The number of methoxy groups -OCH3 is 2. The van der Waals surface area contributed by atoms with Crippen LogP contribution in [0.5, 0.6) is 0 Å². The van der Waals surface area contributed by atoms with Gasteiger partial charge in [-0.05, 0) is 49.9 Å². The molecule has 0 spiro atoms. The normalized spacial score (nSPS) is 20.7. The lowest BCUT2D eigenvalue weighted by Gasteiger charge is -2.26. The molecule has 0 aromatic carbocycles. The number of hydrogen-bond donors (Lipinski definition) is 0.